The van der Waals surface area contributed by atoms with Crippen LogP contribution in [-0.4, -0.2) is 11.5 Å². The maximum atomic E-state index is 12.9. The van der Waals surface area contributed by atoms with Gasteiger partial charge in [0.2, 0.25) is 0 Å². The third-order valence-electron chi connectivity index (χ3n) is 5.36. The Kier molecular flexibility index (Phi) is 6.48. The second-order valence-corrected chi connectivity index (χ2v) is 11.1. The van der Waals surface area contributed by atoms with Gasteiger partial charge in [-0.3, -0.25) is 0 Å². The highest BCUT2D eigenvalue weighted by molar-refractivity contribution is 8.00. The van der Waals surface area contributed by atoms with E-state index in [4.69, 9.17) is 11.2 Å². The molecule has 0 bridgehead atoms. The van der Waals surface area contributed by atoms with E-state index < -0.39 is 17.1 Å². The molecule has 1 heterocycles. The number of halogens is 3. The molecular formula is C27H20F3O2S2+. The molecule has 0 saturated carbocycles. The molecule has 7 heteroatoms. The SMILES string of the molecule is C#CC(C)(OC(=O)c1ccc(-[s+]2c(C)cc3ccccc32)cc1)c1ccc(SC(F)(F)F)cc1. The van der Waals surface area contributed by atoms with Crippen molar-refractivity contribution in [3.8, 4) is 17.2 Å². The van der Waals surface area contributed by atoms with Crippen molar-refractivity contribution in [3.05, 3.63) is 94.9 Å². The number of rotatable bonds is 5. The number of thiophene rings is 1. The van der Waals surface area contributed by atoms with Gasteiger partial charge in [0.25, 0.3) is 0 Å². The maximum absolute atomic E-state index is 12.9. The van der Waals surface area contributed by atoms with Crippen molar-refractivity contribution < 1.29 is 22.7 Å². The first-order valence-electron chi connectivity index (χ1n) is 10.3. The Labute approximate surface area is 202 Å². The summed E-state index contributed by atoms with van der Waals surface area (Å²) in [6, 6.07) is 23.2. The van der Waals surface area contributed by atoms with E-state index in [1.54, 1.807) is 12.1 Å². The molecular weight excluding hydrogens is 477 g/mol. The molecule has 4 aromatic rings. The first kappa shape index (κ1) is 23.9. The predicted octanol–water partition coefficient (Wildman–Crippen LogP) is 8.20. The summed E-state index contributed by atoms with van der Waals surface area (Å²) >= 11 is -0.217. The number of ether oxygens (including phenoxy) is 1. The van der Waals surface area contributed by atoms with Crippen molar-refractivity contribution in [2.75, 3.05) is 0 Å². The molecule has 1 aromatic heterocycles. The van der Waals surface area contributed by atoms with E-state index >= 15 is 0 Å². The summed E-state index contributed by atoms with van der Waals surface area (Å²) in [4.78, 5) is 15.2. The van der Waals surface area contributed by atoms with Crippen LogP contribution >= 0.6 is 22.2 Å². The monoisotopic (exact) mass is 497 g/mol. The van der Waals surface area contributed by atoms with E-state index in [2.05, 4.69) is 31.0 Å². The van der Waals surface area contributed by atoms with Gasteiger partial charge in [-0.1, -0.05) is 30.2 Å². The summed E-state index contributed by atoms with van der Waals surface area (Å²) < 4.78 is 44.6. The largest absolute Gasteiger partial charge is 0.446 e. The van der Waals surface area contributed by atoms with Gasteiger partial charge in [0.1, 0.15) is 0 Å². The molecule has 172 valence electrons. The van der Waals surface area contributed by atoms with Gasteiger partial charge in [0.15, 0.2) is 20.1 Å². The highest BCUT2D eigenvalue weighted by Crippen LogP contribution is 2.43. The molecule has 2 nitrogen and oxygen atoms in total. The van der Waals surface area contributed by atoms with Crippen molar-refractivity contribution in [2.24, 2.45) is 0 Å². The Bertz CT molecular complexity index is 1380. The number of aryl methyl sites for hydroxylation is 1. The summed E-state index contributed by atoms with van der Waals surface area (Å²) in [6.07, 6.45) is 5.66. The fraction of sp³-hybridized carbons (Fsp3) is 0.148. The molecule has 0 aliphatic carbocycles. The molecule has 2 unspecified atom stereocenters. The zero-order valence-corrected chi connectivity index (χ0v) is 20.0. The number of thioether (sulfide) groups is 1. The average Bonchev–Trinajstić information content (AvgIpc) is 3.14. The van der Waals surface area contributed by atoms with Gasteiger partial charge in [-0.15, -0.1) is 6.42 Å². The van der Waals surface area contributed by atoms with Crippen LogP contribution in [-0.2, 0) is 10.3 Å². The molecule has 3 aromatic carbocycles. The van der Waals surface area contributed by atoms with Crippen LogP contribution in [0.25, 0.3) is 15.0 Å². The van der Waals surface area contributed by atoms with E-state index in [1.807, 2.05) is 24.3 Å². The Morgan fingerprint density at radius 2 is 1.65 bits per heavy atom. The summed E-state index contributed by atoms with van der Waals surface area (Å²) in [6.45, 7) is 3.64. The number of fused-ring (bicyclic) bond motifs is 1. The number of terminal acetylenes is 1. The zero-order valence-electron chi connectivity index (χ0n) is 18.3. The fourth-order valence-corrected chi connectivity index (χ4v) is 6.41. The maximum Gasteiger partial charge on any atom is 0.446 e. The lowest BCUT2D eigenvalue weighted by Crippen LogP contribution is -2.27. The predicted molar refractivity (Wildman–Crippen MR) is 132 cm³/mol. The summed E-state index contributed by atoms with van der Waals surface area (Å²) in [7, 11) is -0.197. The van der Waals surface area contributed by atoms with Crippen molar-refractivity contribution in [2.45, 2.75) is 29.9 Å². The van der Waals surface area contributed by atoms with Gasteiger partial charge in [0, 0.05) is 39.3 Å². The van der Waals surface area contributed by atoms with E-state index in [9.17, 15) is 18.0 Å². The number of hydrogen-bond donors (Lipinski definition) is 0. The van der Waals surface area contributed by atoms with Gasteiger partial charge in [0.05, 0.1) is 5.56 Å². The molecule has 0 saturated heterocycles. The number of benzene rings is 3. The first-order chi connectivity index (χ1) is 16.1. The van der Waals surface area contributed by atoms with E-state index in [0.29, 0.717) is 11.1 Å². The molecule has 0 radical (unpaired) electrons. The second kappa shape index (κ2) is 9.21. The van der Waals surface area contributed by atoms with Crippen LogP contribution in [0.15, 0.2) is 83.8 Å². The lowest BCUT2D eigenvalue weighted by molar-refractivity contribution is -0.0328. The van der Waals surface area contributed by atoms with Gasteiger partial charge in [-0.05, 0) is 67.2 Å². The number of alkyl halides is 3. The third kappa shape index (κ3) is 4.98. The van der Waals surface area contributed by atoms with E-state index in [-0.39, 0.29) is 27.1 Å². The van der Waals surface area contributed by atoms with Crippen molar-refractivity contribution in [1.82, 2.24) is 0 Å². The lowest BCUT2D eigenvalue weighted by atomic mass is 9.96. The Morgan fingerprint density at radius 1 is 1.00 bits per heavy atom. The summed E-state index contributed by atoms with van der Waals surface area (Å²) in [5.74, 6) is 1.85. The van der Waals surface area contributed by atoms with E-state index in [0.717, 1.165) is 4.90 Å². The normalized spacial score (nSPS) is 13.8. The molecule has 0 aliphatic heterocycles. The summed E-state index contributed by atoms with van der Waals surface area (Å²) in [5.41, 5.74) is -5.06. The quantitative estimate of drug-likeness (QED) is 0.120. The number of carbonyl (C=O) groups is 1. The zero-order chi connectivity index (χ0) is 24.5. The lowest BCUT2D eigenvalue weighted by Gasteiger charge is -2.24. The smallest absolute Gasteiger partial charge is 0.438 e. The Morgan fingerprint density at radius 3 is 2.26 bits per heavy atom. The van der Waals surface area contributed by atoms with Crippen molar-refractivity contribution in [3.63, 3.8) is 0 Å². The van der Waals surface area contributed by atoms with Crippen molar-refractivity contribution in [1.29, 1.82) is 0 Å². The number of carbonyl (C=O) groups excluding carboxylic acids is 1. The molecule has 2 atom stereocenters. The third-order valence-corrected chi connectivity index (χ3v) is 8.41. The number of esters is 1. The van der Waals surface area contributed by atoms with Crippen LogP contribution in [0.5, 0.6) is 0 Å². The van der Waals surface area contributed by atoms with Gasteiger partial charge in [-0.2, -0.15) is 13.2 Å². The molecule has 0 spiro atoms. The highest BCUT2D eigenvalue weighted by Gasteiger charge is 2.32. The van der Waals surface area contributed by atoms with Crippen molar-refractivity contribution >= 4 is 38.3 Å². The van der Waals surface area contributed by atoms with Gasteiger partial charge in [-0.25, -0.2) is 4.79 Å². The molecule has 0 fully saturated rings. The van der Waals surface area contributed by atoms with Crippen LogP contribution in [0.2, 0.25) is 0 Å². The van der Waals surface area contributed by atoms with Gasteiger partial charge >= 0.3 is 11.5 Å². The van der Waals surface area contributed by atoms with E-state index in [1.165, 1.54) is 46.2 Å². The minimum absolute atomic E-state index is 0.0243. The molecule has 0 amide bonds. The molecule has 0 N–H and O–H groups in total. The topological polar surface area (TPSA) is 26.3 Å². The molecule has 34 heavy (non-hydrogen) atoms. The van der Waals surface area contributed by atoms with Crippen LogP contribution in [0.3, 0.4) is 0 Å². The fourth-order valence-electron chi connectivity index (χ4n) is 3.67. The average molecular weight is 498 g/mol. The molecule has 0 aliphatic rings. The number of hydrogen-bond acceptors (Lipinski definition) is 3. The minimum Gasteiger partial charge on any atom is -0.438 e. The van der Waals surface area contributed by atoms with Crippen LogP contribution in [0, 0.1) is 19.3 Å². The second-order valence-electron chi connectivity index (χ2n) is 7.76. The summed E-state index contributed by atoms with van der Waals surface area (Å²) in [5, 5.41) is 1.20. The first-order valence-corrected chi connectivity index (χ1v) is 12.3. The standard InChI is InChI=1S/C27H20F3O2S2/c1-4-26(3,21-11-13-22(14-12-21)33-27(28,29)30)32-25(31)19-9-15-23(16-10-19)34-18(2)17-20-7-5-6-8-24(20)34/h1,5-17H,2-3H3/q+1. The Hall–Kier alpha value is -3.21. The molecule has 4 rings (SSSR count). The van der Waals surface area contributed by atoms with Crippen LogP contribution in [0.1, 0.15) is 27.7 Å². The minimum atomic E-state index is -4.38. The van der Waals surface area contributed by atoms with Crippen LogP contribution in [0.4, 0.5) is 13.2 Å². The van der Waals surface area contributed by atoms with Gasteiger partial charge < -0.3 is 4.74 Å². The Balaban J connectivity index is 1.54. The van der Waals surface area contributed by atoms with Crippen LogP contribution < -0.4 is 0 Å². The highest BCUT2D eigenvalue weighted by atomic mass is 32.2.